The number of aromatic amines is 1. The fraction of sp³-hybridized carbons (Fsp3) is 0.360. The van der Waals surface area contributed by atoms with Crippen molar-refractivity contribution in [1.29, 1.82) is 0 Å². The number of amides is 2. The van der Waals surface area contributed by atoms with Crippen LogP contribution in [0.4, 0.5) is 4.39 Å². The fourth-order valence-electron chi connectivity index (χ4n) is 4.69. The molecule has 1 fully saturated rings. The molecule has 0 radical (unpaired) electrons. The van der Waals surface area contributed by atoms with E-state index in [4.69, 9.17) is 4.74 Å². The highest BCUT2D eigenvalue weighted by Crippen LogP contribution is 2.26. The highest BCUT2D eigenvalue weighted by atomic mass is 19.1. The Morgan fingerprint density at radius 2 is 1.81 bits per heavy atom. The lowest BCUT2D eigenvalue weighted by Gasteiger charge is -2.44. The quantitative estimate of drug-likeness (QED) is 0.673. The van der Waals surface area contributed by atoms with Crippen molar-refractivity contribution < 1.29 is 18.7 Å². The molecular weight excluding hydrogens is 409 g/mol. The van der Waals surface area contributed by atoms with Gasteiger partial charge in [0.05, 0.1) is 19.1 Å². The van der Waals surface area contributed by atoms with Crippen molar-refractivity contribution in [2.24, 2.45) is 0 Å². The first-order chi connectivity index (χ1) is 15.3. The summed E-state index contributed by atoms with van der Waals surface area (Å²) in [6, 6.07) is 11.7. The van der Waals surface area contributed by atoms with Crippen LogP contribution in [0.3, 0.4) is 0 Å². The second-order valence-corrected chi connectivity index (χ2v) is 8.51. The van der Waals surface area contributed by atoms with Gasteiger partial charge >= 0.3 is 0 Å². The number of carbonyl (C=O) groups is 2. The average Bonchev–Trinajstić information content (AvgIpc) is 3.07. The van der Waals surface area contributed by atoms with E-state index >= 15 is 0 Å². The Balaban J connectivity index is 1.49. The molecule has 4 rings (SSSR count). The number of rotatable bonds is 4. The van der Waals surface area contributed by atoms with E-state index in [1.165, 1.54) is 19.2 Å². The molecular formula is C25H28FN3O3. The zero-order valence-electron chi connectivity index (χ0n) is 18.8. The number of para-hydroxylation sites is 1. The van der Waals surface area contributed by atoms with Crippen molar-refractivity contribution in [2.45, 2.75) is 39.3 Å². The van der Waals surface area contributed by atoms with E-state index in [1.807, 2.05) is 49.9 Å². The van der Waals surface area contributed by atoms with E-state index in [0.29, 0.717) is 25.3 Å². The van der Waals surface area contributed by atoms with Gasteiger partial charge in [-0.2, -0.15) is 0 Å². The molecule has 1 aromatic heterocycles. The van der Waals surface area contributed by atoms with Gasteiger partial charge in [-0.1, -0.05) is 18.2 Å². The summed E-state index contributed by atoms with van der Waals surface area (Å²) in [4.78, 5) is 33.1. The first-order valence-electron chi connectivity index (χ1n) is 10.8. The van der Waals surface area contributed by atoms with Gasteiger partial charge in [0, 0.05) is 47.8 Å². The predicted octanol–water partition coefficient (Wildman–Crippen LogP) is 3.93. The Kier molecular flexibility index (Phi) is 5.91. The maximum absolute atomic E-state index is 14.5. The third-order valence-corrected chi connectivity index (χ3v) is 6.27. The van der Waals surface area contributed by atoms with Crippen molar-refractivity contribution >= 4 is 22.7 Å². The Labute approximate surface area is 187 Å². The molecule has 7 heteroatoms. The molecule has 1 saturated heterocycles. The number of nitrogens with one attached hydrogen (secondary N) is 1. The summed E-state index contributed by atoms with van der Waals surface area (Å²) in [5, 5.41) is 1.06. The number of nitrogens with zero attached hydrogens (tertiary/aromatic N) is 2. The second-order valence-electron chi connectivity index (χ2n) is 8.51. The lowest BCUT2D eigenvalue weighted by Crippen LogP contribution is -2.60. The number of methoxy groups -OCH3 is 1. The third kappa shape index (κ3) is 3.95. The molecule has 32 heavy (non-hydrogen) atoms. The highest BCUT2D eigenvalue weighted by molar-refractivity contribution is 5.95. The van der Waals surface area contributed by atoms with Crippen LogP contribution in [0.1, 0.15) is 35.5 Å². The van der Waals surface area contributed by atoms with Crippen LogP contribution in [0.25, 0.3) is 10.9 Å². The van der Waals surface area contributed by atoms with Crippen LogP contribution in [0, 0.1) is 12.7 Å². The monoisotopic (exact) mass is 437 g/mol. The molecule has 0 unspecified atom stereocenters. The largest absolute Gasteiger partial charge is 0.497 e. The number of hydrogen-bond acceptors (Lipinski definition) is 3. The number of piperazine rings is 1. The topological polar surface area (TPSA) is 65.6 Å². The van der Waals surface area contributed by atoms with Gasteiger partial charge < -0.3 is 19.5 Å². The average molecular weight is 438 g/mol. The number of benzene rings is 2. The van der Waals surface area contributed by atoms with Gasteiger partial charge in [-0.25, -0.2) is 4.39 Å². The van der Waals surface area contributed by atoms with Crippen molar-refractivity contribution in [3.8, 4) is 5.75 Å². The van der Waals surface area contributed by atoms with Crippen molar-refractivity contribution in [1.82, 2.24) is 14.8 Å². The molecule has 2 heterocycles. The molecule has 1 aliphatic rings. The Hall–Kier alpha value is -3.35. The summed E-state index contributed by atoms with van der Waals surface area (Å²) < 4.78 is 19.5. The Bertz CT molecular complexity index is 1160. The first-order valence-corrected chi connectivity index (χ1v) is 10.8. The fourth-order valence-corrected chi connectivity index (χ4v) is 4.69. The van der Waals surface area contributed by atoms with Gasteiger partial charge in [-0.3, -0.25) is 9.59 Å². The van der Waals surface area contributed by atoms with E-state index < -0.39 is 5.82 Å². The first kappa shape index (κ1) is 21.9. The van der Waals surface area contributed by atoms with E-state index in [0.717, 1.165) is 22.2 Å². The number of aromatic nitrogens is 1. The summed E-state index contributed by atoms with van der Waals surface area (Å²) in [6.07, 6.45) is 0.302. The number of carbonyl (C=O) groups excluding carboxylic acids is 2. The number of fused-ring (bicyclic) bond motifs is 1. The van der Waals surface area contributed by atoms with Crippen LogP contribution in [-0.4, -0.2) is 58.9 Å². The Morgan fingerprint density at radius 1 is 1.12 bits per heavy atom. The predicted molar refractivity (Wildman–Crippen MR) is 121 cm³/mol. The molecule has 1 N–H and O–H groups in total. The minimum absolute atomic E-state index is 0.0127. The van der Waals surface area contributed by atoms with Gasteiger partial charge in [0.1, 0.15) is 11.6 Å². The van der Waals surface area contributed by atoms with E-state index in [1.54, 1.807) is 11.0 Å². The molecule has 0 bridgehead atoms. The maximum atomic E-state index is 14.5. The van der Waals surface area contributed by atoms with E-state index in [2.05, 4.69) is 4.98 Å². The molecule has 1 aliphatic heterocycles. The molecule has 0 aliphatic carbocycles. The van der Waals surface area contributed by atoms with Gasteiger partial charge in [0.25, 0.3) is 5.91 Å². The maximum Gasteiger partial charge on any atom is 0.257 e. The Morgan fingerprint density at radius 3 is 2.47 bits per heavy atom. The van der Waals surface area contributed by atoms with Crippen LogP contribution < -0.4 is 4.74 Å². The third-order valence-electron chi connectivity index (χ3n) is 6.27. The van der Waals surface area contributed by atoms with Crippen LogP contribution in [0.2, 0.25) is 0 Å². The summed E-state index contributed by atoms with van der Waals surface area (Å²) in [5.41, 5.74) is 3.03. The smallest absolute Gasteiger partial charge is 0.257 e. The minimum Gasteiger partial charge on any atom is -0.497 e. The van der Waals surface area contributed by atoms with E-state index in [9.17, 15) is 14.0 Å². The van der Waals surface area contributed by atoms with Crippen LogP contribution in [-0.2, 0) is 11.2 Å². The zero-order chi connectivity index (χ0) is 23.0. The van der Waals surface area contributed by atoms with Gasteiger partial charge in [-0.05, 0) is 44.5 Å². The second kappa shape index (κ2) is 8.65. The molecule has 2 aromatic carbocycles. The number of H-pyrrole nitrogens is 1. The summed E-state index contributed by atoms with van der Waals surface area (Å²) in [6.45, 7) is 6.59. The standard InChI is InChI=1S/C25H28FN3O3/c1-15-13-28(24(30)12-21-17(3)27-23-8-6-5-7-19(21)23)14-16(2)29(15)25(31)20-10-9-18(32-4)11-22(20)26/h5-11,15-16,27H,12-14H2,1-4H3/t15-,16-/m1/s1. The SMILES string of the molecule is COc1ccc(C(=O)N2[C@H](C)CN(C(=O)Cc3c(C)[nH]c4ccccc34)C[C@H]2C)c(F)c1. The lowest BCUT2D eigenvalue weighted by molar-refractivity contribution is -0.134. The van der Waals surface area contributed by atoms with Crippen molar-refractivity contribution in [3.63, 3.8) is 0 Å². The van der Waals surface area contributed by atoms with Gasteiger partial charge in [-0.15, -0.1) is 0 Å². The van der Waals surface area contributed by atoms with Crippen LogP contribution >= 0.6 is 0 Å². The zero-order valence-corrected chi connectivity index (χ0v) is 18.8. The van der Waals surface area contributed by atoms with Gasteiger partial charge in [0.15, 0.2) is 0 Å². The highest BCUT2D eigenvalue weighted by Gasteiger charge is 2.36. The molecule has 6 nitrogen and oxygen atoms in total. The molecule has 0 spiro atoms. The normalized spacial score (nSPS) is 18.8. The lowest BCUT2D eigenvalue weighted by atomic mass is 10.0. The van der Waals surface area contributed by atoms with Crippen LogP contribution in [0.5, 0.6) is 5.75 Å². The van der Waals surface area contributed by atoms with E-state index in [-0.39, 0.29) is 29.5 Å². The molecule has 2 atom stereocenters. The number of halogens is 1. The van der Waals surface area contributed by atoms with Crippen LogP contribution in [0.15, 0.2) is 42.5 Å². The summed E-state index contributed by atoms with van der Waals surface area (Å²) in [7, 11) is 1.45. The van der Waals surface area contributed by atoms with Gasteiger partial charge in [0.2, 0.25) is 5.91 Å². The summed E-state index contributed by atoms with van der Waals surface area (Å²) in [5.74, 6) is -0.589. The number of hydrogen-bond donors (Lipinski definition) is 1. The molecule has 0 saturated carbocycles. The number of ether oxygens (including phenoxy) is 1. The minimum atomic E-state index is -0.609. The number of aryl methyl sites for hydroxylation is 1. The molecule has 3 aromatic rings. The molecule has 168 valence electrons. The summed E-state index contributed by atoms with van der Waals surface area (Å²) >= 11 is 0. The molecule has 2 amide bonds. The van der Waals surface area contributed by atoms with Crippen molar-refractivity contribution in [2.75, 3.05) is 20.2 Å². The van der Waals surface area contributed by atoms with Crippen molar-refractivity contribution in [3.05, 3.63) is 65.1 Å².